The van der Waals surface area contributed by atoms with Gasteiger partial charge in [0.05, 0.1) is 11.3 Å². The number of aromatic carboxylic acids is 1. The molecule has 0 saturated heterocycles. The molecule has 1 aromatic rings. The molecule has 104 valence electrons. The van der Waals surface area contributed by atoms with Crippen LogP contribution in [0.5, 0.6) is 0 Å². The Hall–Kier alpha value is -1.96. The number of aromatic nitrogens is 1. The lowest BCUT2D eigenvalue weighted by Crippen LogP contribution is -2.30. The molecular formula is C11H14N2O5S. The quantitative estimate of drug-likeness (QED) is 0.757. The highest BCUT2D eigenvalue weighted by Gasteiger charge is 2.11. The normalized spacial score (nSPS) is 11.0. The van der Waals surface area contributed by atoms with Gasteiger partial charge in [-0.25, -0.2) is 13.2 Å². The van der Waals surface area contributed by atoms with Crippen molar-refractivity contribution in [2.24, 2.45) is 0 Å². The third kappa shape index (κ3) is 4.66. The second-order valence-electron chi connectivity index (χ2n) is 3.73. The molecule has 0 saturated carbocycles. The molecule has 1 amide bonds. The molecule has 1 heterocycles. The molecule has 1 rings (SSSR count). The standard InChI is InChI=1S/C11H14N2O5S/c1-2-19(17,18)6-5-12-10(14)9-4-3-8(7-13-9)11(15)16/h3-4,7H,2,5-6H2,1H3,(H,12,14)(H,15,16). The minimum absolute atomic E-state index is 0.00261. The van der Waals surface area contributed by atoms with E-state index >= 15 is 0 Å². The molecule has 0 radical (unpaired) electrons. The van der Waals surface area contributed by atoms with Crippen molar-refractivity contribution in [3.63, 3.8) is 0 Å². The number of nitrogens with zero attached hydrogens (tertiary/aromatic N) is 1. The topological polar surface area (TPSA) is 113 Å². The third-order valence-electron chi connectivity index (χ3n) is 2.38. The van der Waals surface area contributed by atoms with Gasteiger partial charge in [0.1, 0.15) is 5.69 Å². The number of amides is 1. The lowest BCUT2D eigenvalue weighted by molar-refractivity contribution is 0.0695. The zero-order valence-electron chi connectivity index (χ0n) is 10.3. The van der Waals surface area contributed by atoms with Gasteiger partial charge in [0, 0.05) is 18.5 Å². The van der Waals surface area contributed by atoms with E-state index in [1.165, 1.54) is 19.1 Å². The summed E-state index contributed by atoms with van der Waals surface area (Å²) in [5, 5.41) is 11.1. The van der Waals surface area contributed by atoms with Gasteiger partial charge in [0.15, 0.2) is 9.84 Å². The average Bonchev–Trinajstić information content (AvgIpc) is 2.38. The highest BCUT2D eigenvalue weighted by Crippen LogP contribution is 2.00. The molecule has 0 aromatic carbocycles. The molecule has 0 atom stereocenters. The van der Waals surface area contributed by atoms with Crippen LogP contribution in [0.1, 0.15) is 27.8 Å². The van der Waals surface area contributed by atoms with Crippen LogP contribution < -0.4 is 5.32 Å². The predicted octanol–water partition coefficient (Wildman–Crippen LogP) is -0.0557. The minimum atomic E-state index is -3.13. The number of rotatable bonds is 6. The zero-order chi connectivity index (χ0) is 14.5. The Labute approximate surface area is 110 Å². The van der Waals surface area contributed by atoms with Gasteiger partial charge in [-0.3, -0.25) is 9.78 Å². The van der Waals surface area contributed by atoms with Crippen LogP contribution in [0.4, 0.5) is 0 Å². The highest BCUT2D eigenvalue weighted by atomic mass is 32.2. The Bertz CT molecular complexity index is 565. The van der Waals surface area contributed by atoms with E-state index in [0.717, 1.165) is 6.20 Å². The SMILES string of the molecule is CCS(=O)(=O)CCNC(=O)c1ccc(C(=O)O)cn1. The van der Waals surface area contributed by atoms with E-state index < -0.39 is 21.7 Å². The van der Waals surface area contributed by atoms with Crippen molar-refractivity contribution in [1.82, 2.24) is 10.3 Å². The number of hydrogen-bond donors (Lipinski definition) is 2. The van der Waals surface area contributed by atoms with Crippen LogP contribution in [-0.2, 0) is 9.84 Å². The molecule has 0 fully saturated rings. The van der Waals surface area contributed by atoms with E-state index in [2.05, 4.69) is 10.3 Å². The van der Waals surface area contributed by atoms with Gasteiger partial charge in [0.2, 0.25) is 0 Å². The van der Waals surface area contributed by atoms with Crippen LogP contribution in [0.25, 0.3) is 0 Å². The maximum absolute atomic E-state index is 11.6. The highest BCUT2D eigenvalue weighted by molar-refractivity contribution is 7.91. The van der Waals surface area contributed by atoms with Gasteiger partial charge in [0.25, 0.3) is 5.91 Å². The Morgan fingerprint density at radius 1 is 1.37 bits per heavy atom. The first-order valence-electron chi connectivity index (χ1n) is 5.53. The molecule has 0 aliphatic heterocycles. The largest absolute Gasteiger partial charge is 0.478 e. The zero-order valence-corrected chi connectivity index (χ0v) is 11.1. The number of sulfone groups is 1. The first-order chi connectivity index (χ1) is 8.85. The fourth-order valence-electron chi connectivity index (χ4n) is 1.21. The summed E-state index contributed by atoms with van der Waals surface area (Å²) in [6.07, 6.45) is 1.07. The van der Waals surface area contributed by atoms with Gasteiger partial charge in [-0.15, -0.1) is 0 Å². The molecule has 2 N–H and O–H groups in total. The molecule has 0 unspecified atom stereocenters. The maximum atomic E-state index is 11.6. The molecule has 8 heteroatoms. The van der Waals surface area contributed by atoms with Crippen LogP contribution in [0.2, 0.25) is 0 Å². The first kappa shape index (κ1) is 15.1. The molecule has 1 aromatic heterocycles. The molecule has 7 nitrogen and oxygen atoms in total. The number of carboxylic acid groups (broad SMARTS) is 1. The summed E-state index contributed by atoms with van der Waals surface area (Å²) in [6, 6.07) is 2.53. The minimum Gasteiger partial charge on any atom is -0.478 e. The van der Waals surface area contributed by atoms with Crippen LogP contribution in [0, 0.1) is 0 Å². The van der Waals surface area contributed by atoms with E-state index in [4.69, 9.17) is 5.11 Å². The summed E-state index contributed by atoms with van der Waals surface area (Å²) < 4.78 is 22.4. The van der Waals surface area contributed by atoms with Crippen molar-refractivity contribution in [1.29, 1.82) is 0 Å². The molecule has 0 aliphatic carbocycles. The summed E-state index contributed by atoms with van der Waals surface area (Å²) in [5.74, 6) is -1.78. The maximum Gasteiger partial charge on any atom is 0.337 e. The predicted molar refractivity (Wildman–Crippen MR) is 67.9 cm³/mol. The summed E-state index contributed by atoms with van der Waals surface area (Å²) >= 11 is 0. The Morgan fingerprint density at radius 2 is 2.05 bits per heavy atom. The molecule has 19 heavy (non-hydrogen) atoms. The second-order valence-corrected chi connectivity index (χ2v) is 6.20. The van der Waals surface area contributed by atoms with Crippen LogP contribution >= 0.6 is 0 Å². The summed E-state index contributed by atoms with van der Waals surface area (Å²) in [5.41, 5.74) is 0.0176. The van der Waals surface area contributed by atoms with Gasteiger partial charge in [-0.1, -0.05) is 6.92 Å². The van der Waals surface area contributed by atoms with E-state index in [1.807, 2.05) is 0 Å². The van der Waals surface area contributed by atoms with Gasteiger partial charge in [-0.05, 0) is 12.1 Å². The average molecular weight is 286 g/mol. The number of carbonyl (C=O) groups excluding carboxylic acids is 1. The van der Waals surface area contributed by atoms with Crippen molar-refractivity contribution in [2.45, 2.75) is 6.92 Å². The van der Waals surface area contributed by atoms with Crippen molar-refractivity contribution >= 4 is 21.7 Å². The second kappa shape index (κ2) is 6.28. The molecule has 0 bridgehead atoms. The van der Waals surface area contributed by atoms with E-state index in [9.17, 15) is 18.0 Å². The molecule has 0 spiro atoms. The van der Waals surface area contributed by atoms with Gasteiger partial charge in [-0.2, -0.15) is 0 Å². The van der Waals surface area contributed by atoms with E-state index in [0.29, 0.717) is 0 Å². The van der Waals surface area contributed by atoms with Crippen molar-refractivity contribution in [2.75, 3.05) is 18.1 Å². The number of carbonyl (C=O) groups is 2. The number of hydrogen-bond acceptors (Lipinski definition) is 5. The lowest BCUT2D eigenvalue weighted by atomic mass is 10.2. The Morgan fingerprint density at radius 3 is 2.53 bits per heavy atom. The first-order valence-corrected chi connectivity index (χ1v) is 7.36. The smallest absolute Gasteiger partial charge is 0.337 e. The summed E-state index contributed by atoms with van der Waals surface area (Å²) in [6.45, 7) is 1.53. The van der Waals surface area contributed by atoms with Crippen molar-refractivity contribution in [3.05, 3.63) is 29.6 Å². The van der Waals surface area contributed by atoms with E-state index in [1.54, 1.807) is 0 Å². The lowest BCUT2D eigenvalue weighted by Gasteiger charge is -2.04. The van der Waals surface area contributed by atoms with Crippen LogP contribution in [-0.4, -0.2) is 48.4 Å². The van der Waals surface area contributed by atoms with Gasteiger partial charge >= 0.3 is 5.97 Å². The fraction of sp³-hybridized carbons (Fsp3) is 0.364. The molecule has 0 aliphatic rings. The Balaban J connectivity index is 2.57. The molecular weight excluding hydrogens is 272 g/mol. The van der Waals surface area contributed by atoms with Gasteiger partial charge < -0.3 is 10.4 Å². The number of nitrogens with one attached hydrogen (secondary N) is 1. The number of carboxylic acids is 1. The monoisotopic (exact) mass is 286 g/mol. The summed E-state index contributed by atoms with van der Waals surface area (Å²) in [4.78, 5) is 25.9. The van der Waals surface area contributed by atoms with Crippen LogP contribution in [0.15, 0.2) is 18.3 Å². The van der Waals surface area contributed by atoms with Crippen LogP contribution in [0.3, 0.4) is 0 Å². The summed E-state index contributed by atoms with van der Waals surface area (Å²) in [7, 11) is -3.13. The van der Waals surface area contributed by atoms with E-state index in [-0.39, 0.29) is 29.3 Å². The Kier molecular flexibility index (Phi) is 4.99. The van der Waals surface area contributed by atoms with Crippen molar-refractivity contribution in [3.8, 4) is 0 Å². The van der Waals surface area contributed by atoms with Crippen molar-refractivity contribution < 1.29 is 23.1 Å². The third-order valence-corrected chi connectivity index (χ3v) is 4.09. The fourth-order valence-corrected chi connectivity index (χ4v) is 1.91. The number of pyridine rings is 1.